The largest absolute Gasteiger partial charge is 0.381 e. The van der Waals surface area contributed by atoms with Crippen LogP contribution in [0.25, 0.3) is 11.0 Å². The summed E-state index contributed by atoms with van der Waals surface area (Å²) in [5, 5.41) is 8.14. The molecule has 0 radical (unpaired) electrons. The van der Waals surface area contributed by atoms with Gasteiger partial charge in [0, 0.05) is 43.9 Å². The van der Waals surface area contributed by atoms with Crippen LogP contribution in [0.5, 0.6) is 0 Å². The Morgan fingerprint density at radius 3 is 2.87 bits per heavy atom. The Morgan fingerprint density at radius 2 is 2.07 bits per heavy atom. The first-order valence-corrected chi connectivity index (χ1v) is 10.8. The van der Waals surface area contributed by atoms with Gasteiger partial charge in [0.1, 0.15) is 23.6 Å². The van der Waals surface area contributed by atoms with Crippen molar-refractivity contribution in [3.63, 3.8) is 0 Å². The van der Waals surface area contributed by atoms with Gasteiger partial charge in [-0.1, -0.05) is 6.07 Å². The zero-order valence-corrected chi connectivity index (χ0v) is 17.6. The van der Waals surface area contributed by atoms with Crippen LogP contribution in [0, 0.1) is 0 Å². The van der Waals surface area contributed by atoms with Crippen molar-refractivity contribution in [1.82, 2.24) is 25.3 Å². The van der Waals surface area contributed by atoms with E-state index in [0.717, 1.165) is 61.1 Å². The molecule has 0 bridgehead atoms. The van der Waals surface area contributed by atoms with Crippen LogP contribution in [-0.2, 0) is 11.3 Å². The number of nitrogens with one attached hydrogen (secondary N) is 3. The van der Waals surface area contributed by atoms with Crippen LogP contribution in [0.15, 0.2) is 30.7 Å². The van der Waals surface area contributed by atoms with E-state index in [0.29, 0.717) is 24.5 Å². The van der Waals surface area contributed by atoms with Gasteiger partial charge in [-0.05, 0) is 38.0 Å². The van der Waals surface area contributed by atoms with Crippen molar-refractivity contribution in [2.24, 2.45) is 0 Å². The Kier molecular flexibility index (Phi) is 5.26. The predicted molar refractivity (Wildman–Crippen MR) is 118 cm³/mol. The third-order valence-corrected chi connectivity index (χ3v) is 5.98. The van der Waals surface area contributed by atoms with Crippen molar-refractivity contribution >= 4 is 22.7 Å². The maximum Gasteiger partial charge on any atom is 0.143 e. The summed E-state index contributed by atoms with van der Waals surface area (Å²) in [7, 11) is 0. The summed E-state index contributed by atoms with van der Waals surface area (Å²) >= 11 is 0. The van der Waals surface area contributed by atoms with Crippen LogP contribution >= 0.6 is 0 Å². The summed E-state index contributed by atoms with van der Waals surface area (Å²) in [6.07, 6.45) is 4.69. The second kappa shape index (κ2) is 8.20. The fourth-order valence-corrected chi connectivity index (χ4v) is 4.65. The Labute approximate surface area is 176 Å². The zero-order chi connectivity index (χ0) is 20.5. The highest BCUT2D eigenvalue weighted by Gasteiger charge is 2.24. The van der Waals surface area contributed by atoms with E-state index >= 15 is 0 Å². The Morgan fingerprint density at radius 1 is 1.20 bits per heavy atom. The highest BCUT2D eigenvalue weighted by Crippen LogP contribution is 2.33. The van der Waals surface area contributed by atoms with E-state index in [1.807, 2.05) is 0 Å². The van der Waals surface area contributed by atoms with Crippen LogP contribution in [0.1, 0.15) is 37.4 Å². The molecule has 5 heterocycles. The monoisotopic (exact) mass is 407 g/mol. The number of hydrogen-bond donors (Lipinski definition) is 3. The lowest BCUT2D eigenvalue weighted by Gasteiger charge is -2.37. The molecule has 158 valence electrons. The first-order valence-electron chi connectivity index (χ1n) is 10.8. The summed E-state index contributed by atoms with van der Waals surface area (Å²) in [6.45, 7) is 8.56. The Bertz CT molecular complexity index is 1000. The number of aromatic nitrogens is 4. The first-order chi connectivity index (χ1) is 14.7. The highest BCUT2D eigenvalue weighted by molar-refractivity contribution is 5.90. The summed E-state index contributed by atoms with van der Waals surface area (Å²) in [5.74, 6) is 2.27. The van der Waals surface area contributed by atoms with Gasteiger partial charge in [0.15, 0.2) is 0 Å². The van der Waals surface area contributed by atoms with Crippen LogP contribution in [-0.4, -0.2) is 58.3 Å². The van der Waals surface area contributed by atoms with Crippen molar-refractivity contribution < 1.29 is 4.74 Å². The number of rotatable bonds is 5. The lowest BCUT2D eigenvalue weighted by molar-refractivity contribution is 0.194. The number of nitrogens with zero attached hydrogens (tertiary/aromatic N) is 4. The lowest BCUT2D eigenvalue weighted by Crippen LogP contribution is -2.54. The first kappa shape index (κ1) is 19.3. The quantitative estimate of drug-likeness (QED) is 0.599. The SMILES string of the molecule is C[C@@H]1CN(c2cccc(CNc3ncnc4[nH]cc(C5CCOC5)c34)n2)C[C@H](C)N1. The second-order valence-corrected chi connectivity index (χ2v) is 8.46. The molecule has 3 aromatic heterocycles. The van der Waals surface area contributed by atoms with Gasteiger partial charge in [0.25, 0.3) is 0 Å². The fraction of sp³-hybridized carbons (Fsp3) is 0.500. The van der Waals surface area contributed by atoms with Crippen LogP contribution in [0.4, 0.5) is 11.6 Å². The van der Waals surface area contributed by atoms with E-state index in [-0.39, 0.29) is 0 Å². The Hall–Kier alpha value is -2.71. The molecule has 2 saturated heterocycles. The smallest absolute Gasteiger partial charge is 0.143 e. The molecule has 0 aromatic carbocycles. The number of piperazine rings is 1. The van der Waals surface area contributed by atoms with E-state index in [2.05, 4.69) is 68.7 Å². The van der Waals surface area contributed by atoms with Crippen molar-refractivity contribution in [2.75, 3.05) is 36.5 Å². The van der Waals surface area contributed by atoms with Crippen molar-refractivity contribution in [1.29, 1.82) is 0 Å². The predicted octanol–water partition coefficient (Wildman–Crippen LogP) is 2.66. The molecule has 8 nitrogen and oxygen atoms in total. The summed E-state index contributed by atoms with van der Waals surface area (Å²) in [4.78, 5) is 19.5. The van der Waals surface area contributed by atoms with Crippen LogP contribution in [0.3, 0.4) is 0 Å². The normalized spacial score (nSPS) is 24.5. The fourth-order valence-electron chi connectivity index (χ4n) is 4.65. The molecule has 0 spiro atoms. The molecule has 0 amide bonds. The van der Waals surface area contributed by atoms with Gasteiger partial charge in [0.2, 0.25) is 0 Å². The number of pyridine rings is 1. The van der Waals surface area contributed by atoms with E-state index in [4.69, 9.17) is 9.72 Å². The maximum absolute atomic E-state index is 5.59. The molecule has 3 aromatic rings. The minimum atomic E-state index is 0.392. The third kappa shape index (κ3) is 3.85. The van der Waals surface area contributed by atoms with Gasteiger partial charge in [0.05, 0.1) is 24.2 Å². The summed E-state index contributed by atoms with van der Waals surface area (Å²) in [6, 6.07) is 7.16. The minimum absolute atomic E-state index is 0.392. The van der Waals surface area contributed by atoms with Gasteiger partial charge in [-0.2, -0.15) is 0 Å². The molecule has 3 atom stereocenters. The standard InChI is InChI=1S/C22H29N7O/c1-14-10-29(11-15(2)27-14)19-5-3-4-17(28-19)8-23-21-20-18(16-6-7-30-12-16)9-24-22(20)26-13-25-21/h3-5,9,13-16,27H,6-8,10-12H2,1-2H3,(H2,23,24,25,26)/t14-,15+,16?. The van der Waals surface area contributed by atoms with E-state index < -0.39 is 0 Å². The molecule has 2 fully saturated rings. The van der Waals surface area contributed by atoms with Crippen LogP contribution in [0.2, 0.25) is 0 Å². The zero-order valence-electron chi connectivity index (χ0n) is 17.6. The van der Waals surface area contributed by atoms with E-state index in [9.17, 15) is 0 Å². The molecule has 8 heteroatoms. The summed E-state index contributed by atoms with van der Waals surface area (Å²) in [5.41, 5.74) is 3.09. The van der Waals surface area contributed by atoms with Gasteiger partial charge >= 0.3 is 0 Å². The van der Waals surface area contributed by atoms with E-state index in [1.165, 1.54) is 5.56 Å². The Balaban J connectivity index is 1.35. The molecule has 2 aliphatic rings. The van der Waals surface area contributed by atoms with Crippen molar-refractivity contribution in [3.8, 4) is 0 Å². The molecule has 3 N–H and O–H groups in total. The summed E-state index contributed by atoms with van der Waals surface area (Å²) < 4.78 is 5.59. The molecular formula is C22H29N7O. The average Bonchev–Trinajstić information content (AvgIpc) is 3.41. The van der Waals surface area contributed by atoms with Gasteiger partial charge in [-0.25, -0.2) is 15.0 Å². The molecule has 30 heavy (non-hydrogen) atoms. The third-order valence-electron chi connectivity index (χ3n) is 5.98. The number of anilines is 2. The average molecular weight is 408 g/mol. The van der Waals surface area contributed by atoms with Gasteiger partial charge in [-0.15, -0.1) is 0 Å². The molecule has 5 rings (SSSR count). The molecule has 0 saturated carbocycles. The number of fused-ring (bicyclic) bond motifs is 1. The molecule has 0 aliphatic carbocycles. The van der Waals surface area contributed by atoms with Crippen molar-refractivity contribution in [2.45, 2.75) is 44.8 Å². The number of hydrogen-bond acceptors (Lipinski definition) is 7. The van der Waals surface area contributed by atoms with E-state index in [1.54, 1.807) is 6.33 Å². The van der Waals surface area contributed by atoms with Gasteiger partial charge < -0.3 is 25.3 Å². The highest BCUT2D eigenvalue weighted by atomic mass is 16.5. The lowest BCUT2D eigenvalue weighted by atomic mass is 9.99. The second-order valence-electron chi connectivity index (χ2n) is 8.46. The van der Waals surface area contributed by atoms with Gasteiger partial charge in [-0.3, -0.25) is 0 Å². The number of aromatic amines is 1. The topological polar surface area (TPSA) is 91.0 Å². The van der Waals surface area contributed by atoms with Crippen LogP contribution < -0.4 is 15.5 Å². The molecule has 1 unspecified atom stereocenters. The maximum atomic E-state index is 5.59. The molecule has 2 aliphatic heterocycles. The number of ether oxygens (including phenoxy) is 1. The van der Waals surface area contributed by atoms with Crippen molar-refractivity contribution in [3.05, 3.63) is 42.0 Å². The number of H-pyrrole nitrogens is 1. The minimum Gasteiger partial charge on any atom is -0.381 e. The molecular weight excluding hydrogens is 378 g/mol.